The number of rotatable bonds is 3. The summed E-state index contributed by atoms with van der Waals surface area (Å²) in [5, 5.41) is 9.22. The van der Waals surface area contributed by atoms with Crippen molar-refractivity contribution in [3.63, 3.8) is 0 Å². The summed E-state index contributed by atoms with van der Waals surface area (Å²) >= 11 is 1.81. The van der Waals surface area contributed by atoms with Gasteiger partial charge in [-0.15, -0.1) is 0 Å². The van der Waals surface area contributed by atoms with Gasteiger partial charge in [0, 0.05) is 22.1 Å². The second-order valence-corrected chi connectivity index (χ2v) is 6.60. The molecular weight excluding hydrogens is 302 g/mol. The van der Waals surface area contributed by atoms with Crippen molar-refractivity contribution >= 4 is 28.8 Å². The molecule has 0 saturated heterocycles. The predicted molar refractivity (Wildman–Crippen MR) is 96.0 cm³/mol. The molecule has 0 spiro atoms. The summed E-state index contributed by atoms with van der Waals surface area (Å²) in [5.41, 5.74) is 4.70. The Morgan fingerprint density at radius 2 is 1.43 bits per heavy atom. The minimum atomic E-state index is 0.173. The van der Waals surface area contributed by atoms with Crippen LogP contribution in [0.4, 0.5) is 17.1 Å². The smallest absolute Gasteiger partial charge is 0.0601 e. The molecule has 1 N–H and O–H groups in total. The molecule has 3 aromatic carbocycles. The standard InChI is InChI=1S/C20H17NOS/c22-13-12-15-6-5-7-16(14-15)21-17-8-1-3-10-19(17)23-20-11-4-2-9-18(20)21/h1-11,14,22H,12-13H2. The van der Waals surface area contributed by atoms with Crippen LogP contribution in [0.1, 0.15) is 5.56 Å². The molecule has 0 radical (unpaired) electrons. The highest BCUT2D eigenvalue weighted by molar-refractivity contribution is 7.99. The van der Waals surface area contributed by atoms with E-state index in [4.69, 9.17) is 0 Å². The first-order chi connectivity index (χ1) is 11.4. The second kappa shape index (κ2) is 6.11. The lowest BCUT2D eigenvalue weighted by molar-refractivity contribution is 0.299. The van der Waals surface area contributed by atoms with E-state index in [9.17, 15) is 5.11 Å². The van der Waals surface area contributed by atoms with Gasteiger partial charge in [0.25, 0.3) is 0 Å². The van der Waals surface area contributed by atoms with Crippen LogP contribution < -0.4 is 4.90 Å². The lowest BCUT2D eigenvalue weighted by Gasteiger charge is -2.33. The van der Waals surface area contributed by atoms with Crippen LogP contribution in [0.2, 0.25) is 0 Å². The number of fused-ring (bicyclic) bond motifs is 2. The molecule has 0 aliphatic carbocycles. The molecule has 3 heteroatoms. The first-order valence-corrected chi connectivity index (χ1v) is 8.54. The first kappa shape index (κ1) is 14.4. The summed E-state index contributed by atoms with van der Waals surface area (Å²) in [6.45, 7) is 0.173. The van der Waals surface area contributed by atoms with Crippen molar-refractivity contribution in [2.75, 3.05) is 11.5 Å². The number of anilines is 3. The molecule has 114 valence electrons. The topological polar surface area (TPSA) is 23.5 Å². The second-order valence-electron chi connectivity index (χ2n) is 5.52. The molecule has 0 unspecified atom stereocenters. The van der Waals surface area contributed by atoms with Crippen LogP contribution in [0.15, 0.2) is 82.6 Å². The molecule has 0 atom stereocenters. The number of benzene rings is 3. The minimum Gasteiger partial charge on any atom is -0.396 e. The van der Waals surface area contributed by atoms with E-state index < -0.39 is 0 Å². The van der Waals surface area contributed by atoms with Gasteiger partial charge < -0.3 is 10.0 Å². The number of aliphatic hydroxyl groups is 1. The van der Waals surface area contributed by atoms with Crippen LogP contribution in [0.3, 0.4) is 0 Å². The molecule has 23 heavy (non-hydrogen) atoms. The van der Waals surface area contributed by atoms with Gasteiger partial charge in [-0.25, -0.2) is 0 Å². The van der Waals surface area contributed by atoms with Crippen LogP contribution in [0, 0.1) is 0 Å². The Bertz CT molecular complexity index is 801. The normalized spacial score (nSPS) is 12.7. The van der Waals surface area contributed by atoms with Crippen molar-refractivity contribution in [3.05, 3.63) is 78.4 Å². The summed E-state index contributed by atoms with van der Waals surface area (Å²) < 4.78 is 0. The van der Waals surface area contributed by atoms with E-state index >= 15 is 0 Å². The van der Waals surface area contributed by atoms with Gasteiger partial charge in [-0.3, -0.25) is 0 Å². The van der Waals surface area contributed by atoms with Gasteiger partial charge in [-0.05, 0) is 48.4 Å². The molecule has 2 nitrogen and oxygen atoms in total. The summed E-state index contributed by atoms with van der Waals surface area (Å²) in [4.78, 5) is 4.83. The van der Waals surface area contributed by atoms with Crippen molar-refractivity contribution in [1.82, 2.24) is 0 Å². The van der Waals surface area contributed by atoms with E-state index in [0.29, 0.717) is 6.42 Å². The highest BCUT2D eigenvalue weighted by atomic mass is 32.2. The fraction of sp³-hybridized carbons (Fsp3) is 0.100. The Morgan fingerprint density at radius 3 is 2.09 bits per heavy atom. The van der Waals surface area contributed by atoms with Crippen molar-refractivity contribution in [2.24, 2.45) is 0 Å². The number of aliphatic hydroxyl groups excluding tert-OH is 1. The predicted octanol–water partition coefficient (Wildman–Crippen LogP) is 5.16. The lowest BCUT2D eigenvalue weighted by Crippen LogP contribution is -2.14. The van der Waals surface area contributed by atoms with Crippen LogP contribution in [-0.2, 0) is 6.42 Å². The van der Waals surface area contributed by atoms with Gasteiger partial charge in [-0.1, -0.05) is 48.2 Å². The molecule has 0 aromatic heterocycles. The first-order valence-electron chi connectivity index (χ1n) is 7.72. The molecule has 0 fully saturated rings. The molecule has 1 aliphatic heterocycles. The van der Waals surface area contributed by atoms with Crippen molar-refractivity contribution in [1.29, 1.82) is 0 Å². The largest absolute Gasteiger partial charge is 0.396 e. The molecule has 4 rings (SSSR count). The van der Waals surface area contributed by atoms with E-state index in [2.05, 4.69) is 77.7 Å². The van der Waals surface area contributed by atoms with Gasteiger partial charge in [0.1, 0.15) is 0 Å². The van der Waals surface area contributed by atoms with Gasteiger partial charge in [0.05, 0.1) is 11.4 Å². The maximum Gasteiger partial charge on any atom is 0.0601 e. The highest BCUT2D eigenvalue weighted by Gasteiger charge is 2.24. The maximum atomic E-state index is 9.22. The monoisotopic (exact) mass is 319 g/mol. The average Bonchev–Trinajstić information content (AvgIpc) is 2.60. The minimum absolute atomic E-state index is 0.173. The molecule has 3 aromatic rings. The SMILES string of the molecule is OCCc1cccc(N2c3ccccc3Sc3ccccc32)c1. The Kier molecular flexibility index (Phi) is 3.82. The molecule has 1 heterocycles. The quantitative estimate of drug-likeness (QED) is 0.564. The van der Waals surface area contributed by atoms with E-state index in [-0.39, 0.29) is 6.61 Å². The van der Waals surface area contributed by atoms with E-state index in [0.717, 1.165) is 11.3 Å². The van der Waals surface area contributed by atoms with Gasteiger partial charge in [0.15, 0.2) is 0 Å². The van der Waals surface area contributed by atoms with E-state index in [1.54, 1.807) is 0 Å². The summed E-state index contributed by atoms with van der Waals surface area (Å²) in [7, 11) is 0. The van der Waals surface area contributed by atoms with Gasteiger partial charge in [-0.2, -0.15) is 0 Å². The van der Waals surface area contributed by atoms with Gasteiger partial charge >= 0.3 is 0 Å². The molecule has 0 amide bonds. The molecule has 0 saturated carbocycles. The Morgan fingerprint density at radius 1 is 0.783 bits per heavy atom. The third-order valence-corrected chi connectivity index (χ3v) is 5.13. The third-order valence-electron chi connectivity index (χ3n) is 4.00. The highest BCUT2D eigenvalue weighted by Crippen LogP contribution is 2.51. The number of nitrogens with zero attached hydrogens (tertiary/aromatic N) is 1. The van der Waals surface area contributed by atoms with Crippen LogP contribution in [0.5, 0.6) is 0 Å². The molecular formula is C20H17NOS. The summed E-state index contributed by atoms with van der Waals surface area (Å²) in [5.74, 6) is 0. The van der Waals surface area contributed by atoms with E-state index in [1.807, 2.05) is 11.8 Å². The van der Waals surface area contributed by atoms with Crippen LogP contribution in [0.25, 0.3) is 0 Å². The summed E-state index contributed by atoms with van der Waals surface area (Å²) in [6.07, 6.45) is 0.680. The Balaban J connectivity index is 1.89. The zero-order valence-electron chi connectivity index (χ0n) is 12.6. The zero-order chi connectivity index (χ0) is 15.6. The number of hydrogen-bond donors (Lipinski definition) is 1. The van der Waals surface area contributed by atoms with Crippen LogP contribution in [-0.4, -0.2) is 11.7 Å². The van der Waals surface area contributed by atoms with Crippen molar-refractivity contribution < 1.29 is 5.11 Å². The Hall–Kier alpha value is -2.23. The number of para-hydroxylation sites is 2. The molecule has 1 aliphatic rings. The summed E-state index contributed by atoms with van der Waals surface area (Å²) in [6, 6.07) is 25.4. The maximum absolute atomic E-state index is 9.22. The van der Waals surface area contributed by atoms with Crippen LogP contribution >= 0.6 is 11.8 Å². The fourth-order valence-corrected chi connectivity index (χ4v) is 4.02. The lowest BCUT2D eigenvalue weighted by atomic mass is 10.1. The fourth-order valence-electron chi connectivity index (χ4n) is 2.96. The van der Waals surface area contributed by atoms with Crippen molar-refractivity contribution in [3.8, 4) is 0 Å². The number of hydrogen-bond acceptors (Lipinski definition) is 3. The molecule has 0 bridgehead atoms. The Labute approximate surface area is 140 Å². The van der Waals surface area contributed by atoms with E-state index in [1.165, 1.54) is 21.2 Å². The van der Waals surface area contributed by atoms with Crippen molar-refractivity contribution in [2.45, 2.75) is 16.2 Å². The third kappa shape index (κ3) is 2.62. The van der Waals surface area contributed by atoms with Gasteiger partial charge in [0.2, 0.25) is 0 Å². The zero-order valence-corrected chi connectivity index (χ0v) is 13.5. The average molecular weight is 319 g/mol.